The third kappa shape index (κ3) is 6.34. The lowest BCUT2D eigenvalue weighted by Gasteiger charge is -2.11. The molecule has 0 saturated heterocycles. The number of nitrogens with zero attached hydrogens (tertiary/aromatic N) is 2. The van der Waals surface area contributed by atoms with Crippen LogP contribution in [0.2, 0.25) is 0 Å². The Bertz CT molecular complexity index is 557. The summed E-state index contributed by atoms with van der Waals surface area (Å²) >= 11 is 1.14. The standard InChI is InChI=1S/C15H23N3O3S/c1-3-5-6-7-9-18-14(21)10-12(19)17-15(18)22-11-13(20)16-8-4-2/h4,10,19H,2-3,5-9,11H2,1H3,(H,16,20). The van der Waals surface area contributed by atoms with Crippen LogP contribution in [0.1, 0.15) is 32.6 Å². The van der Waals surface area contributed by atoms with Crippen molar-refractivity contribution in [2.24, 2.45) is 0 Å². The number of hydrogen-bond acceptors (Lipinski definition) is 5. The first-order valence-electron chi connectivity index (χ1n) is 7.39. The van der Waals surface area contributed by atoms with Crippen molar-refractivity contribution in [3.63, 3.8) is 0 Å². The van der Waals surface area contributed by atoms with E-state index in [0.29, 0.717) is 18.2 Å². The molecule has 0 aliphatic carbocycles. The number of carbonyl (C=O) groups is 1. The fraction of sp³-hybridized carbons (Fsp3) is 0.533. The van der Waals surface area contributed by atoms with Gasteiger partial charge in [-0.05, 0) is 6.42 Å². The van der Waals surface area contributed by atoms with Gasteiger partial charge in [0, 0.05) is 13.1 Å². The summed E-state index contributed by atoms with van der Waals surface area (Å²) in [5.41, 5.74) is -0.294. The molecule has 0 fully saturated rings. The van der Waals surface area contributed by atoms with Gasteiger partial charge in [0.1, 0.15) is 0 Å². The van der Waals surface area contributed by atoms with E-state index in [-0.39, 0.29) is 23.1 Å². The predicted molar refractivity (Wildman–Crippen MR) is 88.2 cm³/mol. The Morgan fingerprint density at radius 1 is 1.50 bits per heavy atom. The third-order valence-electron chi connectivity index (χ3n) is 2.97. The number of aromatic hydroxyl groups is 1. The van der Waals surface area contributed by atoms with Crippen LogP contribution in [0.15, 0.2) is 28.7 Å². The van der Waals surface area contributed by atoms with Gasteiger partial charge in [0.25, 0.3) is 5.56 Å². The summed E-state index contributed by atoms with van der Waals surface area (Å²) in [6.07, 6.45) is 5.74. The van der Waals surface area contributed by atoms with Crippen molar-refractivity contribution in [3.8, 4) is 5.88 Å². The number of amides is 1. The molecule has 1 rings (SSSR count). The lowest BCUT2D eigenvalue weighted by atomic mass is 10.2. The van der Waals surface area contributed by atoms with E-state index in [4.69, 9.17) is 0 Å². The number of thioether (sulfide) groups is 1. The van der Waals surface area contributed by atoms with Crippen LogP contribution < -0.4 is 10.9 Å². The van der Waals surface area contributed by atoms with Crippen LogP contribution in [0.25, 0.3) is 0 Å². The zero-order valence-electron chi connectivity index (χ0n) is 12.9. The van der Waals surface area contributed by atoms with Crippen LogP contribution in [-0.2, 0) is 11.3 Å². The van der Waals surface area contributed by atoms with Crippen LogP contribution in [0.3, 0.4) is 0 Å². The third-order valence-corrected chi connectivity index (χ3v) is 3.95. The normalized spacial score (nSPS) is 10.4. The fourth-order valence-corrected chi connectivity index (χ4v) is 2.71. The predicted octanol–water partition coefficient (Wildman–Crippen LogP) is 1.92. The molecule has 1 aromatic rings. The van der Waals surface area contributed by atoms with Crippen LogP contribution in [0.5, 0.6) is 5.88 Å². The molecule has 22 heavy (non-hydrogen) atoms. The van der Waals surface area contributed by atoms with E-state index in [0.717, 1.165) is 43.5 Å². The highest BCUT2D eigenvalue weighted by atomic mass is 32.2. The Kier molecular flexibility index (Phi) is 8.35. The minimum absolute atomic E-state index is 0.138. The van der Waals surface area contributed by atoms with Gasteiger partial charge >= 0.3 is 0 Å². The highest BCUT2D eigenvalue weighted by molar-refractivity contribution is 7.99. The minimum Gasteiger partial charge on any atom is -0.493 e. The van der Waals surface area contributed by atoms with Gasteiger partial charge in [0.05, 0.1) is 11.8 Å². The van der Waals surface area contributed by atoms with Crippen LogP contribution in [-0.4, -0.2) is 32.9 Å². The maximum atomic E-state index is 12.0. The lowest BCUT2D eigenvalue weighted by Crippen LogP contribution is -2.26. The summed E-state index contributed by atoms with van der Waals surface area (Å²) in [6, 6.07) is 1.10. The maximum Gasteiger partial charge on any atom is 0.257 e. The van der Waals surface area contributed by atoms with Gasteiger partial charge in [0.2, 0.25) is 11.8 Å². The SMILES string of the molecule is C=CCNC(=O)CSc1nc(O)cc(=O)n1CCCCCC. The molecule has 7 heteroatoms. The molecule has 1 aromatic heterocycles. The van der Waals surface area contributed by atoms with Crippen molar-refractivity contribution in [3.05, 3.63) is 29.1 Å². The molecule has 0 bridgehead atoms. The summed E-state index contributed by atoms with van der Waals surface area (Å²) in [5, 5.41) is 12.5. The number of unbranched alkanes of at least 4 members (excludes halogenated alkanes) is 3. The molecule has 2 N–H and O–H groups in total. The first-order valence-corrected chi connectivity index (χ1v) is 8.38. The molecule has 0 saturated carbocycles. The molecule has 0 aromatic carbocycles. The Labute approximate surface area is 134 Å². The number of rotatable bonds is 10. The average molecular weight is 325 g/mol. The molecule has 0 aliphatic rings. The van der Waals surface area contributed by atoms with Crippen molar-refractivity contribution >= 4 is 17.7 Å². The van der Waals surface area contributed by atoms with E-state index in [1.54, 1.807) is 6.08 Å². The van der Waals surface area contributed by atoms with Crippen molar-refractivity contribution in [2.75, 3.05) is 12.3 Å². The second kappa shape index (κ2) is 10.0. The number of carbonyl (C=O) groups excluding carboxylic acids is 1. The van der Waals surface area contributed by atoms with E-state index in [1.807, 2.05) is 0 Å². The van der Waals surface area contributed by atoms with Gasteiger partial charge in [-0.15, -0.1) is 6.58 Å². The Morgan fingerprint density at radius 2 is 2.27 bits per heavy atom. The topological polar surface area (TPSA) is 84.2 Å². The molecule has 0 unspecified atom stereocenters. The van der Waals surface area contributed by atoms with E-state index < -0.39 is 0 Å². The van der Waals surface area contributed by atoms with Gasteiger partial charge < -0.3 is 10.4 Å². The van der Waals surface area contributed by atoms with E-state index in [2.05, 4.69) is 23.8 Å². The minimum atomic E-state index is -0.316. The van der Waals surface area contributed by atoms with Crippen LogP contribution >= 0.6 is 11.8 Å². The molecule has 0 atom stereocenters. The van der Waals surface area contributed by atoms with E-state index >= 15 is 0 Å². The van der Waals surface area contributed by atoms with Crippen molar-refractivity contribution in [1.29, 1.82) is 0 Å². The molecule has 0 spiro atoms. The number of aromatic nitrogens is 2. The summed E-state index contributed by atoms with van der Waals surface area (Å²) in [4.78, 5) is 27.5. The molecule has 0 aliphatic heterocycles. The van der Waals surface area contributed by atoms with Crippen LogP contribution in [0, 0.1) is 0 Å². The Morgan fingerprint density at radius 3 is 2.95 bits per heavy atom. The fourth-order valence-electron chi connectivity index (χ4n) is 1.85. The van der Waals surface area contributed by atoms with Gasteiger partial charge in [-0.25, -0.2) is 0 Å². The van der Waals surface area contributed by atoms with Gasteiger partial charge in [-0.2, -0.15) is 4.98 Å². The smallest absolute Gasteiger partial charge is 0.257 e. The van der Waals surface area contributed by atoms with Crippen molar-refractivity contribution in [1.82, 2.24) is 14.9 Å². The lowest BCUT2D eigenvalue weighted by molar-refractivity contribution is -0.118. The van der Waals surface area contributed by atoms with Crippen LogP contribution in [0.4, 0.5) is 0 Å². The summed E-state index contributed by atoms with van der Waals surface area (Å²) < 4.78 is 1.51. The van der Waals surface area contributed by atoms with E-state index in [1.165, 1.54) is 4.57 Å². The maximum absolute atomic E-state index is 12.0. The molecular weight excluding hydrogens is 302 g/mol. The average Bonchev–Trinajstić information content (AvgIpc) is 2.48. The zero-order valence-corrected chi connectivity index (χ0v) is 13.7. The summed E-state index contributed by atoms with van der Waals surface area (Å²) in [6.45, 7) is 6.59. The molecule has 122 valence electrons. The number of nitrogens with one attached hydrogen (secondary N) is 1. The highest BCUT2D eigenvalue weighted by Crippen LogP contribution is 2.17. The van der Waals surface area contributed by atoms with Gasteiger partial charge in [-0.3, -0.25) is 14.2 Å². The quantitative estimate of drug-likeness (QED) is 0.297. The monoisotopic (exact) mass is 325 g/mol. The first kappa shape index (κ1) is 18.3. The second-order valence-electron chi connectivity index (χ2n) is 4.83. The zero-order chi connectivity index (χ0) is 16.4. The van der Waals surface area contributed by atoms with Gasteiger partial charge in [0.15, 0.2) is 5.16 Å². The molecule has 0 radical (unpaired) electrons. The van der Waals surface area contributed by atoms with Gasteiger partial charge in [-0.1, -0.05) is 44.0 Å². The first-order chi connectivity index (χ1) is 10.6. The van der Waals surface area contributed by atoms with E-state index in [9.17, 15) is 14.7 Å². The Balaban J connectivity index is 2.72. The second-order valence-corrected chi connectivity index (χ2v) is 5.77. The molecule has 1 heterocycles. The molecular formula is C15H23N3O3S. The van der Waals surface area contributed by atoms with Crippen molar-refractivity contribution in [2.45, 2.75) is 44.3 Å². The summed E-state index contributed by atoms with van der Waals surface area (Å²) in [7, 11) is 0. The molecule has 6 nitrogen and oxygen atoms in total. The van der Waals surface area contributed by atoms with Crippen molar-refractivity contribution < 1.29 is 9.90 Å². The summed E-state index contributed by atoms with van der Waals surface area (Å²) in [5.74, 6) is -0.345. The Hall–Kier alpha value is -1.76. The highest BCUT2D eigenvalue weighted by Gasteiger charge is 2.11. The molecule has 1 amide bonds. The number of hydrogen-bond donors (Lipinski definition) is 2. The largest absolute Gasteiger partial charge is 0.493 e.